The average Bonchev–Trinajstić information content (AvgIpc) is 3.22. The van der Waals surface area contributed by atoms with Crippen LogP contribution in [0, 0.1) is 0 Å². The highest BCUT2D eigenvalue weighted by Gasteiger charge is 2.36. The first kappa shape index (κ1) is 34.3. The molecule has 0 aliphatic carbocycles. The number of carbonyl (C=O) groups is 4. The summed E-state index contributed by atoms with van der Waals surface area (Å²) in [4.78, 5) is 55.4. The van der Waals surface area contributed by atoms with E-state index in [4.69, 9.17) is 18.9 Å². The van der Waals surface area contributed by atoms with E-state index in [1.807, 2.05) is 30.3 Å². The molecule has 266 valence electrons. The lowest BCUT2D eigenvalue weighted by molar-refractivity contribution is 0.0675. The van der Waals surface area contributed by atoms with Crippen LogP contribution in [0.25, 0.3) is 0 Å². The second-order valence-corrected chi connectivity index (χ2v) is 13.0. The summed E-state index contributed by atoms with van der Waals surface area (Å²) in [5, 5.41) is 0. The predicted octanol–water partition coefficient (Wildman–Crippen LogP) is 8.22. The number of rotatable bonds is 8. The molecule has 0 saturated heterocycles. The van der Waals surface area contributed by atoms with Gasteiger partial charge in [0.25, 0.3) is 0 Å². The van der Waals surface area contributed by atoms with Crippen molar-refractivity contribution in [3.8, 4) is 23.0 Å². The number of fused-ring (bicyclic) bond motifs is 4. The second kappa shape index (κ2) is 15.0. The number of ether oxygens (including phenoxy) is 4. The summed E-state index contributed by atoms with van der Waals surface area (Å²) >= 11 is 0. The molecule has 0 bridgehead atoms. The first-order valence-electron chi connectivity index (χ1n) is 17.6. The van der Waals surface area contributed by atoms with E-state index in [2.05, 4.69) is 4.90 Å². The molecule has 1 unspecified atom stereocenters. The molecule has 6 aromatic rings. The summed E-state index contributed by atoms with van der Waals surface area (Å²) in [6, 6.07) is 41.5. The summed E-state index contributed by atoms with van der Waals surface area (Å²) < 4.78 is 23.7. The fraction of sp³-hybridized carbons (Fsp3) is 0.111. The summed E-state index contributed by atoms with van der Waals surface area (Å²) in [6.07, 6.45) is 1.12. The fourth-order valence-corrected chi connectivity index (χ4v) is 6.89. The van der Waals surface area contributed by atoms with Crippen LogP contribution < -0.4 is 18.9 Å². The highest BCUT2D eigenvalue weighted by molar-refractivity contribution is 5.94. The zero-order valence-corrected chi connectivity index (χ0v) is 29.0. The molecule has 0 spiro atoms. The van der Waals surface area contributed by atoms with Gasteiger partial charge in [-0.15, -0.1) is 0 Å². The number of benzene rings is 6. The van der Waals surface area contributed by atoms with Crippen molar-refractivity contribution in [3.05, 3.63) is 190 Å². The second-order valence-electron chi connectivity index (χ2n) is 13.0. The topological polar surface area (TPSA) is 108 Å². The third-order valence-electron chi connectivity index (χ3n) is 9.61. The Labute approximate surface area is 311 Å². The van der Waals surface area contributed by atoms with Gasteiger partial charge in [-0.05, 0) is 96.3 Å². The molecule has 2 heterocycles. The maximum atomic E-state index is 13.4. The van der Waals surface area contributed by atoms with Gasteiger partial charge >= 0.3 is 23.9 Å². The minimum atomic E-state index is -0.586. The third-order valence-corrected chi connectivity index (χ3v) is 9.61. The van der Waals surface area contributed by atoms with Crippen LogP contribution in [0.4, 0.5) is 0 Å². The number of carbonyl (C=O) groups excluding carboxylic acids is 4. The Balaban J connectivity index is 1.15. The van der Waals surface area contributed by atoms with Crippen LogP contribution in [0.2, 0.25) is 0 Å². The van der Waals surface area contributed by atoms with Gasteiger partial charge in [-0.1, -0.05) is 78.9 Å². The molecule has 0 amide bonds. The lowest BCUT2D eigenvalue weighted by Gasteiger charge is -2.42. The van der Waals surface area contributed by atoms with E-state index < -0.39 is 23.9 Å². The molecule has 1 atom stereocenters. The summed E-state index contributed by atoms with van der Waals surface area (Å²) in [5.74, 6) is -1.70. The van der Waals surface area contributed by atoms with Gasteiger partial charge in [0.2, 0.25) is 0 Å². The maximum Gasteiger partial charge on any atom is 0.343 e. The van der Waals surface area contributed by atoms with Crippen molar-refractivity contribution in [3.63, 3.8) is 0 Å². The van der Waals surface area contributed by atoms with Crippen LogP contribution in [0.5, 0.6) is 23.0 Å². The summed E-state index contributed by atoms with van der Waals surface area (Å²) in [5.41, 5.74) is 4.96. The van der Waals surface area contributed by atoms with E-state index in [0.29, 0.717) is 48.2 Å². The molecule has 2 aliphatic heterocycles. The Kier molecular flexibility index (Phi) is 9.53. The molecular weight excluding hydrogens is 682 g/mol. The molecule has 0 fully saturated rings. The monoisotopic (exact) mass is 715 g/mol. The number of hydrogen-bond donors (Lipinski definition) is 0. The molecule has 0 radical (unpaired) electrons. The van der Waals surface area contributed by atoms with Crippen molar-refractivity contribution in [1.82, 2.24) is 4.90 Å². The van der Waals surface area contributed by atoms with Crippen molar-refractivity contribution in [2.75, 3.05) is 6.54 Å². The van der Waals surface area contributed by atoms with E-state index >= 15 is 0 Å². The van der Waals surface area contributed by atoms with E-state index in [1.165, 1.54) is 0 Å². The maximum absolute atomic E-state index is 13.4. The Morgan fingerprint density at radius 1 is 0.481 bits per heavy atom. The van der Waals surface area contributed by atoms with Gasteiger partial charge < -0.3 is 18.9 Å². The summed E-state index contributed by atoms with van der Waals surface area (Å²) in [7, 11) is 0. The lowest BCUT2D eigenvalue weighted by Crippen LogP contribution is -2.39. The van der Waals surface area contributed by atoms with Gasteiger partial charge in [0.1, 0.15) is 0 Å². The molecule has 0 saturated carbocycles. The van der Waals surface area contributed by atoms with E-state index in [1.54, 1.807) is 115 Å². The number of esters is 4. The molecule has 6 aromatic carbocycles. The van der Waals surface area contributed by atoms with Gasteiger partial charge in [0.05, 0.1) is 22.3 Å². The molecular formula is C45H33NO8. The first-order chi connectivity index (χ1) is 26.4. The van der Waals surface area contributed by atoms with E-state index in [0.717, 1.165) is 22.3 Å². The van der Waals surface area contributed by atoms with Gasteiger partial charge in [-0.25, -0.2) is 19.2 Å². The highest BCUT2D eigenvalue weighted by Crippen LogP contribution is 2.46. The minimum absolute atomic E-state index is 0.125. The van der Waals surface area contributed by atoms with Crippen molar-refractivity contribution in [1.29, 1.82) is 0 Å². The van der Waals surface area contributed by atoms with Crippen LogP contribution in [0.3, 0.4) is 0 Å². The zero-order chi connectivity index (χ0) is 37.0. The molecule has 2 aliphatic rings. The smallest absolute Gasteiger partial charge is 0.343 e. The van der Waals surface area contributed by atoms with Crippen molar-refractivity contribution in [2.24, 2.45) is 0 Å². The van der Waals surface area contributed by atoms with Gasteiger partial charge in [-0.3, -0.25) is 4.90 Å². The average molecular weight is 716 g/mol. The van der Waals surface area contributed by atoms with Crippen molar-refractivity contribution in [2.45, 2.75) is 25.4 Å². The Morgan fingerprint density at radius 2 is 0.926 bits per heavy atom. The van der Waals surface area contributed by atoms with Crippen LogP contribution in [-0.4, -0.2) is 35.3 Å². The van der Waals surface area contributed by atoms with Gasteiger partial charge in [0.15, 0.2) is 23.0 Å². The predicted molar refractivity (Wildman–Crippen MR) is 199 cm³/mol. The molecule has 9 nitrogen and oxygen atoms in total. The normalized spacial score (nSPS) is 14.4. The largest absolute Gasteiger partial charge is 0.419 e. The highest BCUT2D eigenvalue weighted by atomic mass is 16.6. The standard InChI is InChI=1S/C45H33NO8/c47-42(29-13-5-1-6-14-29)51-38-22-21-33-25-37-35-27-40(53-44(49)31-17-9-3-10-18-31)39(52-43(48)30-15-7-2-8-16-30)26-34(35)23-24-46(37)28-36(33)41(38)54-45(50)32-19-11-4-12-20-32/h1-22,26-27,37H,23-25,28H2. The molecule has 8 rings (SSSR count). The number of hydrogen-bond acceptors (Lipinski definition) is 9. The van der Waals surface area contributed by atoms with Crippen molar-refractivity contribution < 1.29 is 38.1 Å². The number of nitrogens with zero attached hydrogens (tertiary/aromatic N) is 1. The van der Waals surface area contributed by atoms with Gasteiger partial charge in [0, 0.05) is 24.7 Å². The molecule has 9 heteroatoms. The third kappa shape index (κ3) is 7.13. The molecule has 0 N–H and O–H groups in total. The Bertz CT molecular complexity index is 2360. The van der Waals surface area contributed by atoms with E-state index in [9.17, 15) is 19.2 Å². The molecule has 54 heavy (non-hydrogen) atoms. The fourth-order valence-electron chi connectivity index (χ4n) is 6.89. The lowest BCUT2D eigenvalue weighted by atomic mass is 9.83. The van der Waals surface area contributed by atoms with Crippen LogP contribution in [0.15, 0.2) is 146 Å². The van der Waals surface area contributed by atoms with Crippen LogP contribution in [0.1, 0.15) is 69.7 Å². The van der Waals surface area contributed by atoms with E-state index in [-0.39, 0.29) is 29.0 Å². The minimum Gasteiger partial charge on any atom is -0.419 e. The van der Waals surface area contributed by atoms with Gasteiger partial charge in [-0.2, -0.15) is 0 Å². The summed E-state index contributed by atoms with van der Waals surface area (Å²) in [6.45, 7) is 1.02. The Morgan fingerprint density at radius 3 is 1.43 bits per heavy atom. The first-order valence-corrected chi connectivity index (χ1v) is 17.6. The molecule has 0 aromatic heterocycles. The van der Waals surface area contributed by atoms with Crippen molar-refractivity contribution >= 4 is 23.9 Å². The SMILES string of the molecule is O=C(Oc1cc2c(cc1OC(=O)c1ccccc1)C1Cc3ccc(OC(=O)c4ccccc4)c(OC(=O)c4ccccc4)c3CN1CC2)c1ccccc1. The zero-order valence-electron chi connectivity index (χ0n) is 29.0. The van der Waals surface area contributed by atoms with Crippen LogP contribution in [-0.2, 0) is 19.4 Å². The quantitative estimate of drug-likeness (QED) is 0.114. The van der Waals surface area contributed by atoms with Crippen LogP contribution >= 0.6 is 0 Å². The Hall–Kier alpha value is -6.84.